The van der Waals surface area contributed by atoms with Gasteiger partial charge in [0.1, 0.15) is 5.75 Å². The third-order valence-electron chi connectivity index (χ3n) is 3.13. The van der Waals surface area contributed by atoms with Crippen LogP contribution >= 0.6 is 0 Å². The fourth-order valence-electron chi connectivity index (χ4n) is 2.25. The Morgan fingerprint density at radius 2 is 2.00 bits per heavy atom. The molecule has 4 nitrogen and oxygen atoms in total. The van der Waals surface area contributed by atoms with Crippen LogP contribution in [0.15, 0.2) is 12.1 Å². The molecule has 1 atom stereocenters. The van der Waals surface area contributed by atoms with E-state index in [4.69, 9.17) is 10.6 Å². The Morgan fingerprint density at radius 3 is 2.50 bits per heavy atom. The normalized spacial score (nSPS) is 12.8. The van der Waals surface area contributed by atoms with Crippen LogP contribution in [0, 0.1) is 13.8 Å². The number of nitrogens with two attached hydrogens (primary N) is 1. The van der Waals surface area contributed by atoms with E-state index in [9.17, 15) is 0 Å². The standard InChI is InChI=1S/C14H25N3O/c1-10-8-11(2)14(13(9-10)18-5)12(16-15)6-7-17(3)4/h8-9,12,16H,6-7,15H2,1-5H3. The highest BCUT2D eigenvalue weighted by Crippen LogP contribution is 2.31. The molecule has 0 fully saturated rings. The maximum atomic E-state index is 5.70. The van der Waals surface area contributed by atoms with Crippen molar-refractivity contribution in [2.45, 2.75) is 26.3 Å². The number of rotatable bonds is 6. The van der Waals surface area contributed by atoms with Crippen LogP contribution in [0.3, 0.4) is 0 Å². The second-order valence-corrected chi connectivity index (χ2v) is 5.01. The van der Waals surface area contributed by atoms with E-state index in [2.05, 4.69) is 50.4 Å². The third-order valence-corrected chi connectivity index (χ3v) is 3.13. The van der Waals surface area contributed by atoms with Gasteiger partial charge in [-0.15, -0.1) is 0 Å². The molecule has 1 rings (SSSR count). The lowest BCUT2D eigenvalue weighted by Gasteiger charge is -2.23. The quantitative estimate of drug-likeness (QED) is 0.597. The summed E-state index contributed by atoms with van der Waals surface area (Å²) in [5, 5.41) is 0. The van der Waals surface area contributed by atoms with Crippen molar-refractivity contribution >= 4 is 0 Å². The zero-order chi connectivity index (χ0) is 13.7. The molecule has 0 aromatic heterocycles. The Kier molecular flexibility index (Phi) is 5.59. The highest BCUT2D eigenvalue weighted by atomic mass is 16.5. The predicted molar refractivity (Wildman–Crippen MR) is 75.7 cm³/mol. The number of benzene rings is 1. The molecule has 1 aromatic carbocycles. The van der Waals surface area contributed by atoms with Crippen LogP contribution in [0.2, 0.25) is 0 Å². The van der Waals surface area contributed by atoms with Gasteiger partial charge >= 0.3 is 0 Å². The summed E-state index contributed by atoms with van der Waals surface area (Å²) in [6.07, 6.45) is 0.948. The molecule has 0 heterocycles. The van der Waals surface area contributed by atoms with Crippen molar-refractivity contribution in [2.75, 3.05) is 27.7 Å². The van der Waals surface area contributed by atoms with Gasteiger partial charge < -0.3 is 9.64 Å². The van der Waals surface area contributed by atoms with E-state index in [-0.39, 0.29) is 6.04 Å². The zero-order valence-electron chi connectivity index (χ0n) is 12.1. The van der Waals surface area contributed by atoms with Gasteiger partial charge in [-0.1, -0.05) is 6.07 Å². The van der Waals surface area contributed by atoms with Gasteiger partial charge in [0.25, 0.3) is 0 Å². The maximum absolute atomic E-state index is 5.70. The molecule has 0 aliphatic rings. The van der Waals surface area contributed by atoms with E-state index in [1.54, 1.807) is 7.11 Å². The monoisotopic (exact) mass is 251 g/mol. The summed E-state index contributed by atoms with van der Waals surface area (Å²) in [4.78, 5) is 2.15. The molecule has 0 aliphatic heterocycles. The summed E-state index contributed by atoms with van der Waals surface area (Å²) in [6, 6.07) is 4.34. The number of hydrogen-bond acceptors (Lipinski definition) is 4. The summed E-state index contributed by atoms with van der Waals surface area (Å²) in [5.41, 5.74) is 6.48. The Hall–Kier alpha value is -1.10. The van der Waals surface area contributed by atoms with Crippen molar-refractivity contribution in [3.8, 4) is 5.75 Å². The first-order valence-electron chi connectivity index (χ1n) is 6.25. The van der Waals surface area contributed by atoms with Crippen molar-refractivity contribution in [1.82, 2.24) is 10.3 Å². The van der Waals surface area contributed by atoms with Gasteiger partial charge in [0.2, 0.25) is 0 Å². The molecule has 0 amide bonds. The molecule has 0 radical (unpaired) electrons. The molecular formula is C14H25N3O. The van der Waals surface area contributed by atoms with Gasteiger partial charge in [-0.25, -0.2) is 0 Å². The van der Waals surface area contributed by atoms with Gasteiger partial charge in [0.15, 0.2) is 0 Å². The number of aryl methyl sites for hydroxylation is 2. The van der Waals surface area contributed by atoms with Crippen molar-refractivity contribution in [2.24, 2.45) is 5.84 Å². The largest absolute Gasteiger partial charge is 0.496 e. The topological polar surface area (TPSA) is 50.5 Å². The van der Waals surface area contributed by atoms with E-state index in [1.807, 2.05) is 0 Å². The van der Waals surface area contributed by atoms with Crippen LogP contribution in [0.25, 0.3) is 0 Å². The molecule has 4 heteroatoms. The highest BCUT2D eigenvalue weighted by Gasteiger charge is 2.18. The first kappa shape index (κ1) is 15.0. The zero-order valence-corrected chi connectivity index (χ0v) is 12.1. The fourth-order valence-corrected chi connectivity index (χ4v) is 2.25. The highest BCUT2D eigenvalue weighted by molar-refractivity contribution is 5.45. The lowest BCUT2D eigenvalue weighted by Crippen LogP contribution is -2.31. The summed E-state index contributed by atoms with van der Waals surface area (Å²) in [5.74, 6) is 6.61. The molecule has 102 valence electrons. The number of methoxy groups -OCH3 is 1. The van der Waals surface area contributed by atoms with E-state index < -0.39 is 0 Å². The van der Waals surface area contributed by atoms with Crippen molar-refractivity contribution in [3.05, 3.63) is 28.8 Å². The van der Waals surface area contributed by atoms with Gasteiger partial charge in [0, 0.05) is 5.56 Å². The lowest BCUT2D eigenvalue weighted by molar-refractivity contribution is 0.351. The molecule has 0 aliphatic carbocycles. The van der Waals surface area contributed by atoms with Crippen LogP contribution in [-0.4, -0.2) is 32.6 Å². The van der Waals surface area contributed by atoms with Crippen molar-refractivity contribution in [1.29, 1.82) is 0 Å². The maximum Gasteiger partial charge on any atom is 0.124 e. The molecule has 3 N–H and O–H groups in total. The van der Waals surface area contributed by atoms with Crippen LogP contribution in [0.4, 0.5) is 0 Å². The van der Waals surface area contributed by atoms with Gasteiger partial charge in [-0.3, -0.25) is 11.3 Å². The van der Waals surface area contributed by atoms with Gasteiger partial charge in [-0.05, 0) is 58.1 Å². The first-order chi connectivity index (χ1) is 8.49. The third kappa shape index (κ3) is 3.70. The number of hydrazine groups is 1. The summed E-state index contributed by atoms with van der Waals surface area (Å²) in [7, 11) is 5.83. The minimum absolute atomic E-state index is 0.114. The van der Waals surface area contributed by atoms with Crippen molar-refractivity contribution in [3.63, 3.8) is 0 Å². The van der Waals surface area contributed by atoms with E-state index in [1.165, 1.54) is 11.1 Å². The smallest absolute Gasteiger partial charge is 0.124 e. The molecule has 0 saturated carbocycles. The average Bonchev–Trinajstić information content (AvgIpc) is 2.30. The summed E-state index contributed by atoms with van der Waals surface area (Å²) in [6.45, 7) is 5.15. The second-order valence-electron chi connectivity index (χ2n) is 5.01. The van der Waals surface area contributed by atoms with E-state index >= 15 is 0 Å². The fraction of sp³-hybridized carbons (Fsp3) is 0.571. The van der Waals surface area contributed by atoms with Gasteiger partial charge in [0.05, 0.1) is 13.2 Å². The summed E-state index contributed by atoms with van der Waals surface area (Å²) >= 11 is 0. The number of nitrogens with one attached hydrogen (secondary N) is 1. The van der Waals surface area contributed by atoms with E-state index in [0.717, 1.165) is 24.3 Å². The number of nitrogens with zero attached hydrogens (tertiary/aromatic N) is 1. The number of hydrogen-bond donors (Lipinski definition) is 2. The molecule has 0 spiro atoms. The second kappa shape index (κ2) is 6.73. The molecule has 0 saturated heterocycles. The van der Waals surface area contributed by atoms with Gasteiger partial charge in [-0.2, -0.15) is 0 Å². The van der Waals surface area contributed by atoms with Crippen LogP contribution in [-0.2, 0) is 0 Å². The van der Waals surface area contributed by atoms with Crippen LogP contribution < -0.4 is 16.0 Å². The minimum atomic E-state index is 0.114. The SMILES string of the molecule is COc1cc(C)cc(C)c1C(CCN(C)C)NN. The Bertz CT molecular complexity index is 391. The Balaban J connectivity index is 3.04. The Morgan fingerprint density at radius 1 is 1.33 bits per heavy atom. The predicted octanol–water partition coefficient (Wildman–Crippen LogP) is 1.77. The molecule has 1 unspecified atom stereocenters. The number of ether oxygens (including phenoxy) is 1. The Labute approximate surface area is 110 Å². The van der Waals surface area contributed by atoms with Crippen LogP contribution in [0.1, 0.15) is 29.2 Å². The molecule has 18 heavy (non-hydrogen) atoms. The first-order valence-corrected chi connectivity index (χ1v) is 6.25. The lowest BCUT2D eigenvalue weighted by atomic mass is 9.96. The molecule has 0 bridgehead atoms. The van der Waals surface area contributed by atoms with Crippen molar-refractivity contribution < 1.29 is 4.74 Å². The molecule has 1 aromatic rings. The molecular weight excluding hydrogens is 226 g/mol. The summed E-state index contributed by atoms with van der Waals surface area (Å²) < 4.78 is 5.49. The minimum Gasteiger partial charge on any atom is -0.496 e. The average molecular weight is 251 g/mol. The van der Waals surface area contributed by atoms with E-state index in [0.29, 0.717) is 0 Å². The van der Waals surface area contributed by atoms with Crippen LogP contribution in [0.5, 0.6) is 5.75 Å².